The van der Waals surface area contributed by atoms with Crippen LogP contribution in [0.4, 0.5) is 0 Å². The Balaban J connectivity index is 2.67. The molecule has 15 heavy (non-hydrogen) atoms. The van der Waals surface area contributed by atoms with Crippen LogP contribution in [-0.4, -0.2) is 26.8 Å². The summed E-state index contributed by atoms with van der Waals surface area (Å²) in [4.78, 5) is 28.4. The van der Waals surface area contributed by atoms with Crippen molar-refractivity contribution in [2.24, 2.45) is 0 Å². The van der Waals surface area contributed by atoms with E-state index in [1.807, 2.05) is 0 Å². The lowest BCUT2D eigenvalue weighted by Crippen LogP contribution is -2.11. The number of pyridine rings is 1. The van der Waals surface area contributed by atoms with Crippen LogP contribution < -0.4 is 0 Å². The highest BCUT2D eigenvalue weighted by Crippen LogP contribution is 2.20. The summed E-state index contributed by atoms with van der Waals surface area (Å²) in [5.41, 5.74) is 0.497. The van der Waals surface area contributed by atoms with Crippen molar-refractivity contribution in [3.05, 3.63) is 29.0 Å². The van der Waals surface area contributed by atoms with Crippen LogP contribution in [0, 0.1) is 0 Å². The molecule has 2 aromatic rings. The summed E-state index contributed by atoms with van der Waals surface area (Å²) in [6.07, 6.45) is 2.72. The third-order valence-corrected chi connectivity index (χ3v) is 2.14. The van der Waals surface area contributed by atoms with E-state index in [9.17, 15) is 9.59 Å². The normalized spacial score (nSPS) is 10.5. The maximum absolute atomic E-state index is 11.2. The summed E-state index contributed by atoms with van der Waals surface area (Å²) < 4.78 is 0. The van der Waals surface area contributed by atoms with Crippen molar-refractivity contribution in [1.29, 1.82) is 0 Å². The van der Waals surface area contributed by atoms with E-state index in [0.717, 1.165) is 0 Å². The molecule has 0 spiro atoms. The Hall–Kier alpha value is -1.88. The minimum absolute atomic E-state index is 0.0625. The van der Waals surface area contributed by atoms with E-state index in [1.165, 1.54) is 18.5 Å². The number of rotatable bonds is 2. The number of aromatic amines is 1. The number of Topliss-reactive ketones (excluding diaryl/α,β-unsaturated/α-hetero) is 1. The number of carbonyl (C=O) groups is 2. The first-order valence-corrected chi connectivity index (χ1v) is 4.37. The van der Waals surface area contributed by atoms with E-state index in [2.05, 4.69) is 9.97 Å². The highest BCUT2D eigenvalue weighted by Gasteiger charge is 2.19. The van der Waals surface area contributed by atoms with Crippen molar-refractivity contribution in [3.63, 3.8) is 0 Å². The fraction of sp³-hybridized carbons (Fsp3) is 0. The van der Waals surface area contributed by atoms with E-state index >= 15 is 0 Å². The SMILES string of the molecule is O=C(O)C(=O)c1c[nH]c2ncc(Cl)cc12. The van der Waals surface area contributed by atoms with Crippen molar-refractivity contribution < 1.29 is 14.7 Å². The molecular weight excluding hydrogens is 220 g/mol. The van der Waals surface area contributed by atoms with E-state index in [-0.39, 0.29) is 5.56 Å². The Bertz CT molecular complexity index is 561. The molecule has 6 heteroatoms. The van der Waals surface area contributed by atoms with Crippen LogP contribution >= 0.6 is 11.6 Å². The molecule has 0 bridgehead atoms. The van der Waals surface area contributed by atoms with Gasteiger partial charge in [0, 0.05) is 17.8 Å². The van der Waals surface area contributed by atoms with E-state index < -0.39 is 11.8 Å². The van der Waals surface area contributed by atoms with Crippen LogP contribution in [0.5, 0.6) is 0 Å². The van der Waals surface area contributed by atoms with Crippen LogP contribution in [0.25, 0.3) is 11.0 Å². The molecule has 5 nitrogen and oxygen atoms in total. The highest BCUT2D eigenvalue weighted by atomic mass is 35.5. The first kappa shape index (κ1) is 9.67. The molecule has 0 atom stereocenters. The molecule has 76 valence electrons. The maximum Gasteiger partial charge on any atom is 0.377 e. The van der Waals surface area contributed by atoms with Gasteiger partial charge in [-0.15, -0.1) is 0 Å². The second-order valence-electron chi connectivity index (χ2n) is 2.89. The van der Waals surface area contributed by atoms with Crippen LogP contribution in [0.1, 0.15) is 10.4 Å². The van der Waals surface area contributed by atoms with Gasteiger partial charge < -0.3 is 10.1 Å². The number of aliphatic carboxylic acids is 1. The second-order valence-corrected chi connectivity index (χ2v) is 3.32. The fourth-order valence-electron chi connectivity index (χ4n) is 1.28. The third-order valence-electron chi connectivity index (χ3n) is 1.94. The Kier molecular flexibility index (Phi) is 2.17. The zero-order chi connectivity index (χ0) is 11.0. The van der Waals surface area contributed by atoms with Gasteiger partial charge in [0.05, 0.1) is 10.6 Å². The van der Waals surface area contributed by atoms with Gasteiger partial charge in [-0.2, -0.15) is 0 Å². The van der Waals surface area contributed by atoms with Crippen LogP contribution in [0.3, 0.4) is 0 Å². The Morgan fingerprint density at radius 2 is 2.20 bits per heavy atom. The molecule has 2 N–H and O–H groups in total. The Labute approximate surface area is 88.7 Å². The number of H-pyrrole nitrogens is 1. The Morgan fingerprint density at radius 3 is 2.87 bits per heavy atom. The molecule has 0 saturated carbocycles. The lowest BCUT2D eigenvalue weighted by molar-refractivity contribution is -0.131. The summed E-state index contributed by atoms with van der Waals surface area (Å²) in [5, 5.41) is 9.33. The number of halogens is 1. The van der Waals surface area contributed by atoms with Crippen molar-refractivity contribution in [2.45, 2.75) is 0 Å². The molecule has 0 radical (unpaired) electrons. The zero-order valence-electron chi connectivity index (χ0n) is 7.32. The van der Waals surface area contributed by atoms with Gasteiger partial charge >= 0.3 is 5.97 Å². The van der Waals surface area contributed by atoms with Crippen molar-refractivity contribution >= 4 is 34.4 Å². The maximum atomic E-state index is 11.2. The molecule has 2 heterocycles. The monoisotopic (exact) mass is 224 g/mol. The summed E-state index contributed by atoms with van der Waals surface area (Å²) in [6, 6.07) is 1.50. The molecule has 0 aliphatic rings. The van der Waals surface area contributed by atoms with Gasteiger partial charge in [0.1, 0.15) is 5.65 Å². The largest absolute Gasteiger partial charge is 0.475 e. The lowest BCUT2D eigenvalue weighted by Gasteiger charge is -1.93. The average Bonchev–Trinajstić information content (AvgIpc) is 2.59. The Morgan fingerprint density at radius 1 is 1.47 bits per heavy atom. The predicted molar refractivity (Wildman–Crippen MR) is 53.1 cm³/mol. The van der Waals surface area contributed by atoms with Gasteiger partial charge in [-0.25, -0.2) is 9.78 Å². The predicted octanol–water partition coefficient (Wildman–Crippen LogP) is 1.48. The number of aromatic nitrogens is 2. The van der Waals surface area contributed by atoms with Gasteiger partial charge in [0.15, 0.2) is 0 Å². The number of carboxylic acids is 1. The molecule has 2 rings (SSSR count). The topological polar surface area (TPSA) is 83.0 Å². The van der Waals surface area contributed by atoms with Crippen LogP contribution in [0.15, 0.2) is 18.5 Å². The molecule has 0 saturated heterocycles. The van der Waals surface area contributed by atoms with Crippen molar-refractivity contribution in [2.75, 3.05) is 0 Å². The average molecular weight is 225 g/mol. The molecule has 0 amide bonds. The summed E-state index contributed by atoms with van der Waals surface area (Å²) in [6.45, 7) is 0. The van der Waals surface area contributed by atoms with E-state index in [0.29, 0.717) is 16.1 Å². The number of ketones is 1. The first-order chi connectivity index (χ1) is 7.09. The van der Waals surface area contributed by atoms with E-state index in [4.69, 9.17) is 16.7 Å². The second kappa shape index (κ2) is 3.36. The molecule has 0 unspecified atom stereocenters. The quantitative estimate of drug-likeness (QED) is 0.598. The number of hydrogen-bond acceptors (Lipinski definition) is 3. The molecular formula is C9H5ClN2O3. The number of carbonyl (C=O) groups excluding carboxylic acids is 1. The van der Waals surface area contributed by atoms with Gasteiger partial charge in [-0.05, 0) is 6.07 Å². The fourth-order valence-corrected chi connectivity index (χ4v) is 1.44. The van der Waals surface area contributed by atoms with Gasteiger partial charge in [-0.1, -0.05) is 11.6 Å². The standard InChI is InChI=1S/C9H5ClN2O3/c10-4-1-5-6(7(13)9(14)15)3-12-8(5)11-2-4/h1-3H,(H,11,12)(H,14,15). The lowest BCUT2D eigenvalue weighted by atomic mass is 10.1. The number of fused-ring (bicyclic) bond motifs is 1. The minimum atomic E-state index is -1.50. The van der Waals surface area contributed by atoms with E-state index in [1.54, 1.807) is 0 Å². The summed E-state index contributed by atoms with van der Waals surface area (Å²) >= 11 is 5.70. The number of nitrogens with one attached hydrogen (secondary N) is 1. The van der Waals surface area contributed by atoms with Crippen LogP contribution in [-0.2, 0) is 4.79 Å². The number of carboxylic acid groups (broad SMARTS) is 1. The summed E-state index contributed by atoms with van der Waals surface area (Å²) in [7, 11) is 0. The smallest absolute Gasteiger partial charge is 0.377 e. The third kappa shape index (κ3) is 1.57. The number of nitrogens with zero attached hydrogens (tertiary/aromatic N) is 1. The van der Waals surface area contributed by atoms with Crippen LogP contribution in [0.2, 0.25) is 5.02 Å². The number of hydrogen-bond donors (Lipinski definition) is 2. The van der Waals surface area contributed by atoms with Crippen molar-refractivity contribution in [3.8, 4) is 0 Å². The molecule has 0 fully saturated rings. The molecule has 0 aliphatic heterocycles. The summed E-state index contributed by atoms with van der Waals surface area (Å²) in [5.74, 6) is -2.49. The molecule has 2 aromatic heterocycles. The zero-order valence-corrected chi connectivity index (χ0v) is 8.08. The van der Waals surface area contributed by atoms with Gasteiger partial charge in [-0.3, -0.25) is 4.79 Å². The van der Waals surface area contributed by atoms with Gasteiger partial charge in [0.2, 0.25) is 0 Å². The molecule has 0 aromatic carbocycles. The van der Waals surface area contributed by atoms with Gasteiger partial charge in [0.25, 0.3) is 5.78 Å². The first-order valence-electron chi connectivity index (χ1n) is 4.00. The minimum Gasteiger partial charge on any atom is -0.475 e. The molecule has 0 aliphatic carbocycles. The van der Waals surface area contributed by atoms with Crippen molar-refractivity contribution in [1.82, 2.24) is 9.97 Å². The highest BCUT2D eigenvalue weighted by molar-refractivity contribution is 6.42.